The van der Waals surface area contributed by atoms with Crippen LogP contribution in [0.4, 0.5) is 0 Å². The molecule has 3 aliphatic rings. The fraction of sp³-hybridized carbons (Fsp3) is 0.404. The molecule has 0 spiro atoms. The number of benzene rings is 4. The van der Waals surface area contributed by atoms with Crippen molar-refractivity contribution in [2.24, 2.45) is 11.8 Å². The van der Waals surface area contributed by atoms with Crippen molar-refractivity contribution in [3.8, 4) is 22.3 Å². The average molecular weight is 870 g/mol. The van der Waals surface area contributed by atoms with Crippen molar-refractivity contribution in [1.29, 1.82) is 0 Å². The van der Waals surface area contributed by atoms with E-state index in [4.69, 9.17) is 0 Å². The molecule has 2 unspecified atom stereocenters. The van der Waals surface area contributed by atoms with Crippen LogP contribution in [0.25, 0.3) is 34.4 Å². The van der Waals surface area contributed by atoms with Crippen LogP contribution in [-0.4, -0.2) is 0 Å². The molecule has 2 aliphatic carbocycles. The SMILES string of the molecule is CC(C)C1=Cc2c(-c3ccc(C(C)(C)C)cc3)cccc2[CH]1[Hf+2]1([CH]2C(C(C)C)=Cc3c(-c4ccc(C(C)(C)C)cc4)cccc32)[CH2]C[CH2]1.[Cl-].[Cl-]. The Morgan fingerprint density at radius 1 is 0.520 bits per heavy atom. The molecule has 1 aliphatic heterocycles. The quantitative estimate of drug-likeness (QED) is 0.173. The average Bonchev–Trinajstić information content (AvgIpc) is 3.61. The maximum Gasteiger partial charge on any atom is -1.00 e. The van der Waals surface area contributed by atoms with Crippen molar-refractivity contribution in [3.05, 3.63) is 129 Å². The summed E-state index contributed by atoms with van der Waals surface area (Å²) in [5.74, 6) is 1.10. The zero-order valence-corrected chi connectivity index (χ0v) is 37.0. The van der Waals surface area contributed by atoms with Gasteiger partial charge in [0.2, 0.25) is 0 Å². The first kappa shape index (κ1) is 39.0. The molecule has 1 fully saturated rings. The molecule has 1 saturated heterocycles. The van der Waals surface area contributed by atoms with Crippen LogP contribution >= 0.6 is 0 Å². The molecule has 0 amide bonds. The van der Waals surface area contributed by atoms with Gasteiger partial charge in [0, 0.05) is 0 Å². The van der Waals surface area contributed by atoms with Crippen LogP contribution in [0.2, 0.25) is 8.35 Å². The summed E-state index contributed by atoms with van der Waals surface area (Å²) in [6.07, 6.45) is 6.75. The first-order chi connectivity index (χ1) is 22.7. The molecule has 4 aromatic rings. The van der Waals surface area contributed by atoms with Crippen LogP contribution in [0, 0.1) is 11.8 Å². The van der Waals surface area contributed by atoms with E-state index in [2.05, 4.69) is 166 Å². The largest absolute Gasteiger partial charge is 1.00 e. The Hall–Kier alpha value is -2.19. The van der Waals surface area contributed by atoms with Crippen LogP contribution in [-0.2, 0) is 30.8 Å². The van der Waals surface area contributed by atoms with Gasteiger partial charge in [-0.05, 0) is 0 Å². The normalized spacial score (nSPS) is 18.6. The molecule has 3 heteroatoms. The van der Waals surface area contributed by atoms with Gasteiger partial charge in [0.05, 0.1) is 0 Å². The fourth-order valence-electron chi connectivity index (χ4n) is 9.27. The fourth-order valence-corrected chi connectivity index (χ4v) is 32.8. The van der Waals surface area contributed by atoms with E-state index < -0.39 is 20.0 Å². The summed E-state index contributed by atoms with van der Waals surface area (Å²) in [6, 6.07) is 33.5. The van der Waals surface area contributed by atoms with E-state index in [-0.39, 0.29) is 35.6 Å². The van der Waals surface area contributed by atoms with Crippen LogP contribution < -0.4 is 24.8 Å². The predicted molar refractivity (Wildman–Crippen MR) is 206 cm³/mol. The first-order valence-corrected chi connectivity index (χ1v) is 27.8. The molecule has 0 radical (unpaired) electrons. The van der Waals surface area contributed by atoms with Gasteiger partial charge in [-0.1, -0.05) is 0 Å². The third-order valence-corrected chi connectivity index (χ3v) is 34.2. The summed E-state index contributed by atoms with van der Waals surface area (Å²) in [7, 11) is 0. The number of hydrogen-bond acceptors (Lipinski definition) is 0. The Kier molecular flexibility index (Phi) is 11.2. The maximum absolute atomic E-state index is 3.12. The van der Waals surface area contributed by atoms with Crippen molar-refractivity contribution in [2.45, 2.75) is 102 Å². The Balaban J connectivity index is 0.00000243. The van der Waals surface area contributed by atoms with Gasteiger partial charge in [-0.15, -0.1) is 0 Å². The summed E-state index contributed by atoms with van der Waals surface area (Å²) in [5.41, 5.74) is 18.5. The van der Waals surface area contributed by atoms with Crippen molar-refractivity contribution >= 4 is 12.2 Å². The maximum atomic E-state index is 2.67. The Morgan fingerprint density at radius 3 is 1.16 bits per heavy atom. The topological polar surface area (TPSA) is 0 Å². The van der Waals surface area contributed by atoms with E-state index >= 15 is 0 Å². The second-order valence-electron chi connectivity index (χ2n) is 17.8. The number of hydrogen-bond donors (Lipinski definition) is 0. The third-order valence-electron chi connectivity index (χ3n) is 12.1. The molecule has 2 atom stereocenters. The minimum Gasteiger partial charge on any atom is -1.00 e. The molecule has 50 heavy (non-hydrogen) atoms. The zero-order valence-electron chi connectivity index (χ0n) is 31.9. The van der Waals surface area contributed by atoms with Gasteiger partial charge in [-0.2, -0.15) is 0 Å². The molecule has 0 aromatic heterocycles. The van der Waals surface area contributed by atoms with Crippen molar-refractivity contribution < 1.29 is 44.8 Å². The minimum atomic E-state index is -3.12. The van der Waals surface area contributed by atoms with Crippen LogP contribution in [0.15, 0.2) is 96.1 Å². The van der Waals surface area contributed by atoms with Gasteiger partial charge in [-0.3, -0.25) is 0 Å². The van der Waals surface area contributed by atoms with E-state index in [1.807, 2.05) is 0 Å². The van der Waals surface area contributed by atoms with E-state index in [9.17, 15) is 0 Å². The second kappa shape index (κ2) is 14.3. The van der Waals surface area contributed by atoms with E-state index in [0.29, 0.717) is 19.2 Å². The predicted octanol–water partition coefficient (Wildman–Crippen LogP) is 7.91. The molecule has 0 saturated carbocycles. The standard InChI is InChI=1S/2C22H25.C3H6.2ClH.Hf/c2*1-15(2)18-13-17-7-6-8-20(21(17)14-18)16-9-11-19(12-10-16)22(3,4)5;1-3-2;;;/h2*6-15H,1-5H3;1-3H2;2*1H;/q;;;;;+2/p-2. The molecule has 1 heterocycles. The van der Waals surface area contributed by atoms with Gasteiger partial charge in [0.15, 0.2) is 0 Å². The van der Waals surface area contributed by atoms with Gasteiger partial charge in [-0.25, -0.2) is 0 Å². The number of allylic oxidation sites excluding steroid dienone is 2. The molecule has 0 bridgehead atoms. The minimum absolute atomic E-state index is 0. The third kappa shape index (κ3) is 6.63. The zero-order chi connectivity index (χ0) is 34.2. The smallest absolute Gasteiger partial charge is 1.00 e. The van der Waals surface area contributed by atoms with Gasteiger partial charge >= 0.3 is 298 Å². The van der Waals surface area contributed by atoms with Crippen molar-refractivity contribution in [3.63, 3.8) is 0 Å². The van der Waals surface area contributed by atoms with Crippen LogP contribution in [0.3, 0.4) is 0 Å². The summed E-state index contributed by atoms with van der Waals surface area (Å²) in [4.78, 5) is 0. The summed E-state index contributed by atoms with van der Waals surface area (Å²) >= 11 is -3.12. The summed E-state index contributed by atoms with van der Waals surface area (Å²) in [6.45, 7) is 23.7. The van der Waals surface area contributed by atoms with Crippen molar-refractivity contribution in [1.82, 2.24) is 0 Å². The number of halogens is 2. The molecular formula is C47H56Cl2Hf. The van der Waals surface area contributed by atoms with Gasteiger partial charge < -0.3 is 24.8 Å². The van der Waals surface area contributed by atoms with Gasteiger partial charge in [0.25, 0.3) is 0 Å². The molecule has 0 nitrogen and oxygen atoms in total. The second-order valence-corrected chi connectivity index (χ2v) is 34.4. The molecule has 7 rings (SSSR count). The van der Waals surface area contributed by atoms with Gasteiger partial charge in [0.1, 0.15) is 0 Å². The Labute approximate surface area is 320 Å². The molecule has 0 N–H and O–H groups in total. The monoisotopic (exact) mass is 870 g/mol. The van der Waals surface area contributed by atoms with E-state index in [1.54, 1.807) is 22.3 Å². The molecule has 4 aromatic carbocycles. The number of fused-ring (bicyclic) bond motifs is 2. The number of rotatable bonds is 6. The Bertz CT molecular complexity index is 1770. The summed E-state index contributed by atoms with van der Waals surface area (Å²) in [5, 5.41) is 0. The van der Waals surface area contributed by atoms with Crippen LogP contribution in [0.5, 0.6) is 0 Å². The first-order valence-electron chi connectivity index (χ1n) is 18.6. The molecular weight excluding hydrogens is 814 g/mol. The van der Waals surface area contributed by atoms with E-state index in [0.717, 1.165) is 0 Å². The van der Waals surface area contributed by atoms with Crippen LogP contribution in [0.1, 0.15) is 116 Å². The molecule has 262 valence electrons. The van der Waals surface area contributed by atoms with E-state index in [1.165, 1.54) is 59.3 Å². The Morgan fingerprint density at radius 2 is 0.880 bits per heavy atom. The summed E-state index contributed by atoms with van der Waals surface area (Å²) < 4.78 is 4.32. The van der Waals surface area contributed by atoms with Crippen molar-refractivity contribution in [2.75, 3.05) is 0 Å².